The van der Waals surface area contributed by atoms with E-state index in [1.807, 2.05) is 40.1 Å². The maximum atomic E-state index is 14.7. The number of benzene rings is 1. The predicted molar refractivity (Wildman–Crippen MR) is 218 cm³/mol. The van der Waals surface area contributed by atoms with Crippen LogP contribution in [0, 0.1) is 22.7 Å². The van der Waals surface area contributed by atoms with Crippen molar-refractivity contribution in [2.75, 3.05) is 65.7 Å². The first-order valence-electron chi connectivity index (χ1n) is 22.4. The molecule has 6 fully saturated rings. The van der Waals surface area contributed by atoms with Crippen LogP contribution in [0.25, 0.3) is 0 Å². The minimum absolute atomic E-state index is 0.125. The Hall–Kier alpha value is -2.61. The number of nitrogens with zero attached hydrogens (tertiary/aromatic N) is 5. The largest absolute Gasteiger partial charge is 0.395 e. The summed E-state index contributed by atoms with van der Waals surface area (Å²) in [5.41, 5.74) is -1.63. The van der Waals surface area contributed by atoms with Crippen LogP contribution in [0.2, 0.25) is 0 Å². The Morgan fingerprint density at radius 3 is 1.28 bits per heavy atom. The van der Waals surface area contributed by atoms with E-state index in [9.17, 15) is 34.8 Å². The van der Waals surface area contributed by atoms with Gasteiger partial charge in [0.1, 0.15) is 0 Å². The van der Waals surface area contributed by atoms with Crippen LogP contribution in [0.15, 0.2) is 30.3 Å². The van der Waals surface area contributed by atoms with Gasteiger partial charge in [-0.1, -0.05) is 31.0 Å². The van der Waals surface area contributed by atoms with Gasteiger partial charge in [0, 0.05) is 81.1 Å². The zero-order valence-corrected chi connectivity index (χ0v) is 34.7. The van der Waals surface area contributed by atoms with Gasteiger partial charge in [-0.05, 0) is 115 Å². The minimum atomic E-state index is -1.18. The normalized spacial score (nSPS) is 28.2. The Bertz CT molecular complexity index is 1400. The molecule has 2 saturated carbocycles. The van der Waals surface area contributed by atoms with Gasteiger partial charge in [-0.25, -0.2) is 0 Å². The Kier molecular flexibility index (Phi) is 13.7. The third kappa shape index (κ3) is 8.97. The second-order valence-electron chi connectivity index (χ2n) is 19.4. The lowest BCUT2D eigenvalue weighted by molar-refractivity contribution is -0.148. The fraction of sp³-hybridized carbons (Fsp3) is 0.800. The minimum Gasteiger partial charge on any atom is -0.395 e. The standard InChI is InChI=1S/C45H71N5O7/c1-44(28-51,29-52)42(56)46(26-32-8-6-9-32)18-20-48-35-14-15-36(48)23-39(22-35)50(41(55)34-12-4-3-5-13-34)40-24-37-16-17-38(25-40)49(37)21-19-47(27-33-10-7-11-33)43(57)45(2,30-53)31-54/h3-5,12-13,32-33,35-40,51-54H,6-11,14-31H2,1-2H3. The van der Waals surface area contributed by atoms with Crippen LogP contribution >= 0.6 is 0 Å². The number of carbonyl (C=O) groups excluding carboxylic acids is 3. The summed E-state index contributed by atoms with van der Waals surface area (Å²) in [4.78, 5) is 53.4. The Morgan fingerprint density at radius 2 is 0.965 bits per heavy atom. The highest BCUT2D eigenvalue weighted by Gasteiger charge is 2.49. The second kappa shape index (κ2) is 18.3. The molecule has 4 unspecified atom stereocenters. The van der Waals surface area contributed by atoms with Crippen LogP contribution in [0.5, 0.6) is 0 Å². The molecule has 4 atom stereocenters. The van der Waals surface area contributed by atoms with Crippen molar-refractivity contribution in [2.45, 2.75) is 140 Å². The molecule has 3 amide bonds. The Morgan fingerprint density at radius 1 is 0.596 bits per heavy atom. The average molecular weight is 794 g/mol. The highest BCUT2D eigenvalue weighted by Crippen LogP contribution is 2.43. The van der Waals surface area contributed by atoms with E-state index in [2.05, 4.69) is 14.7 Å². The molecular formula is C45H71N5O7. The van der Waals surface area contributed by atoms with Gasteiger partial charge in [0.2, 0.25) is 11.8 Å². The quantitative estimate of drug-likeness (QED) is 0.166. The molecule has 1 aromatic carbocycles. The highest BCUT2D eigenvalue weighted by molar-refractivity contribution is 5.94. The van der Waals surface area contributed by atoms with Crippen molar-refractivity contribution < 1.29 is 34.8 Å². The average Bonchev–Trinajstić information content (AvgIpc) is 3.58. The first-order valence-corrected chi connectivity index (χ1v) is 22.4. The lowest BCUT2D eigenvalue weighted by atomic mass is 9.84. The molecule has 1 aromatic rings. The van der Waals surface area contributed by atoms with Crippen molar-refractivity contribution in [3.8, 4) is 0 Å². The van der Waals surface area contributed by atoms with Crippen LogP contribution in [0.1, 0.15) is 114 Å². The van der Waals surface area contributed by atoms with E-state index in [1.54, 1.807) is 13.8 Å². The molecule has 4 aliphatic heterocycles. The van der Waals surface area contributed by atoms with Crippen molar-refractivity contribution in [1.82, 2.24) is 24.5 Å². The lowest BCUT2D eigenvalue weighted by Gasteiger charge is -2.50. The van der Waals surface area contributed by atoms with Gasteiger partial charge in [0.05, 0.1) is 37.3 Å². The van der Waals surface area contributed by atoms with Crippen molar-refractivity contribution in [3.63, 3.8) is 0 Å². The molecule has 4 heterocycles. The third-order valence-electron chi connectivity index (χ3n) is 15.4. The van der Waals surface area contributed by atoms with E-state index in [4.69, 9.17) is 0 Å². The maximum Gasteiger partial charge on any atom is 0.254 e. The Labute approximate surface area is 340 Å². The molecule has 4 bridgehead atoms. The summed E-state index contributed by atoms with van der Waals surface area (Å²) < 4.78 is 0. The molecule has 0 spiro atoms. The maximum absolute atomic E-state index is 14.7. The van der Waals surface area contributed by atoms with Crippen LogP contribution < -0.4 is 0 Å². The van der Waals surface area contributed by atoms with Crippen molar-refractivity contribution >= 4 is 17.7 Å². The smallest absolute Gasteiger partial charge is 0.254 e. The third-order valence-corrected chi connectivity index (χ3v) is 15.4. The van der Waals surface area contributed by atoms with Crippen LogP contribution in [-0.2, 0) is 9.59 Å². The summed E-state index contributed by atoms with van der Waals surface area (Å²) in [6.45, 7) is 5.87. The zero-order chi connectivity index (χ0) is 40.3. The summed E-state index contributed by atoms with van der Waals surface area (Å²) >= 11 is 0. The lowest BCUT2D eigenvalue weighted by Crippen LogP contribution is -2.60. The van der Waals surface area contributed by atoms with Crippen molar-refractivity contribution in [2.24, 2.45) is 22.7 Å². The van der Waals surface area contributed by atoms with Crippen LogP contribution in [0.4, 0.5) is 0 Å². The van der Waals surface area contributed by atoms with Gasteiger partial charge in [-0.15, -0.1) is 0 Å². The van der Waals surface area contributed by atoms with E-state index in [-0.39, 0.29) is 56.2 Å². The monoisotopic (exact) mass is 794 g/mol. The van der Waals surface area contributed by atoms with Crippen molar-refractivity contribution in [1.29, 1.82) is 0 Å². The summed E-state index contributed by atoms with van der Waals surface area (Å²) in [5.74, 6) is 0.779. The predicted octanol–water partition coefficient (Wildman–Crippen LogP) is 3.36. The van der Waals surface area contributed by atoms with Gasteiger partial charge in [-0.3, -0.25) is 24.2 Å². The van der Waals surface area contributed by atoms with E-state index < -0.39 is 10.8 Å². The molecule has 57 heavy (non-hydrogen) atoms. The molecular weight excluding hydrogens is 723 g/mol. The molecule has 318 valence electrons. The molecule has 4 N–H and O–H groups in total. The molecule has 0 aromatic heterocycles. The number of hydrogen-bond acceptors (Lipinski definition) is 9. The first kappa shape index (κ1) is 42.5. The number of hydrogen-bond donors (Lipinski definition) is 4. The SMILES string of the molecule is CC(CO)(CO)C(=O)N(CCN1C2CCC1CC(N(C(=O)c1ccccc1)C1CC3CCC(C1)N3CCN(CC1CCC1)C(=O)C(C)(CO)CO)C2)CC1CCC1. The molecule has 4 saturated heterocycles. The number of carbonyl (C=O) groups is 3. The van der Waals surface area contributed by atoms with Gasteiger partial charge in [-0.2, -0.15) is 0 Å². The topological polar surface area (TPSA) is 148 Å². The number of piperidine rings is 2. The van der Waals surface area contributed by atoms with Crippen LogP contribution in [-0.4, -0.2) is 165 Å². The number of amides is 3. The van der Waals surface area contributed by atoms with E-state index in [0.717, 1.165) is 95.7 Å². The highest BCUT2D eigenvalue weighted by atomic mass is 16.3. The van der Waals surface area contributed by atoms with Crippen LogP contribution in [0.3, 0.4) is 0 Å². The number of aliphatic hydroxyl groups is 4. The number of fused-ring (bicyclic) bond motifs is 4. The van der Waals surface area contributed by atoms with Gasteiger partial charge in [0.15, 0.2) is 0 Å². The molecule has 6 aliphatic rings. The summed E-state index contributed by atoms with van der Waals surface area (Å²) in [5, 5.41) is 40.2. The summed E-state index contributed by atoms with van der Waals surface area (Å²) in [7, 11) is 0. The molecule has 0 radical (unpaired) electrons. The van der Waals surface area contributed by atoms with Gasteiger partial charge >= 0.3 is 0 Å². The fourth-order valence-corrected chi connectivity index (χ4v) is 11.2. The molecule has 12 nitrogen and oxygen atoms in total. The molecule has 12 heteroatoms. The molecule has 2 aliphatic carbocycles. The van der Waals surface area contributed by atoms with Crippen molar-refractivity contribution in [3.05, 3.63) is 35.9 Å². The first-order chi connectivity index (χ1) is 27.5. The van der Waals surface area contributed by atoms with Gasteiger partial charge < -0.3 is 35.1 Å². The van der Waals surface area contributed by atoms with E-state index >= 15 is 0 Å². The zero-order valence-electron chi connectivity index (χ0n) is 34.7. The summed E-state index contributed by atoms with van der Waals surface area (Å²) in [6, 6.07) is 11.4. The van der Waals surface area contributed by atoms with Gasteiger partial charge in [0.25, 0.3) is 5.91 Å². The second-order valence-corrected chi connectivity index (χ2v) is 19.4. The summed E-state index contributed by atoms with van der Waals surface area (Å²) in [6.07, 6.45) is 14.9. The Balaban J connectivity index is 1.03. The molecule has 7 rings (SSSR count). The fourth-order valence-electron chi connectivity index (χ4n) is 11.2. The van der Waals surface area contributed by atoms with E-state index in [0.29, 0.717) is 62.2 Å². The van der Waals surface area contributed by atoms with E-state index in [1.165, 1.54) is 12.8 Å². The number of aliphatic hydroxyl groups excluding tert-OH is 4. The number of rotatable bonds is 19.